The van der Waals surface area contributed by atoms with Crippen LogP contribution in [0.2, 0.25) is 9.49 Å². The lowest BCUT2D eigenvalue weighted by atomic mass is 10.3. The van der Waals surface area contributed by atoms with E-state index in [9.17, 15) is 4.79 Å². The molecule has 0 radical (unpaired) electrons. The van der Waals surface area contributed by atoms with Crippen molar-refractivity contribution in [2.45, 2.75) is 6.42 Å². The molecule has 0 aromatic carbocycles. The van der Waals surface area contributed by atoms with Gasteiger partial charge in [-0.2, -0.15) is 0 Å². The molecule has 0 unspecified atom stereocenters. The van der Waals surface area contributed by atoms with E-state index < -0.39 is 0 Å². The van der Waals surface area contributed by atoms with Crippen LogP contribution in [0.15, 0.2) is 24.5 Å². The van der Waals surface area contributed by atoms with E-state index in [0.717, 1.165) is 15.6 Å². The summed E-state index contributed by atoms with van der Waals surface area (Å²) in [5, 5.41) is 3.02. The highest BCUT2D eigenvalue weighted by Crippen LogP contribution is 2.21. The van der Waals surface area contributed by atoms with Gasteiger partial charge in [0, 0.05) is 11.4 Å². The number of thiophene rings is 1. The fraction of sp³-hybridized carbons (Fsp3) is 0.182. The van der Waals surface area contributed by atoms with Crippen molar-refractivity contribution in [1.29, 1.82) is 0 Å². The Morgan fingerprint density at radius 1 is 1.28 bits per heavy atom. The largest absolute Gasteiger partial charge is 0.350 e. The van der Waals surface area contributed by atoms with Crippen molar-refractivity contribution in [3.05, 3.63) is 44.6 Å². The zero-order valence-corrected chi connectivity index (χ0v) is 11.5. The third kappa shape index (κ3) is 3.66. The van der Waals surface area contributed by atoms with Gasteiger partial charge in [-0.15, -0.1) is 11.3 Å². The van der Waals surface area contributed by atoms with Crippen molar-refractivity contribution in [1.82, 2.24) is 15.3 Å². The molecule has 7 heteroatoms. The van der Waals surface area contributed by atoms with Gasteiger partial charge < -0.3 is 5.32 Å². The van der Waals surface area contributed by atoms with E-state index in [0.29, 0.717) is 6.54 Å². The number of amides is 1. The van der Waals surface area contributed by atoms with Crippen LogP contribution in [-0.4, -0.2) is 22.4 Å². The van der Waals surface area contributed by atoms with Crippen LogP contribution < -0.4 is 5.32 Å². The zero-order chi connectivity index (χ0) is 13.0. The first-order valence-corrected chi connectivity index (χ1v) is 6.72. The number of hydrogen-bond donors (Lipinski definition) is 1. The molecule has 0 spiro atoms. The Bertz CT molecular complexity index is 541. The molecule has 4 nitrogen and oxygen atoms in total. The summed E-state index contributed by atoms with van der Waals surface area (Å²) < 4.78 is 0.750. The fourth-order valence-corrected chi connectivity index (χ4v) is 2.49. The molecule has 0 fully saturated rings. The van der Waals surface area contributed by atoms with E-state index in [1.54, 1.807) is 0 Å². The van der Waals surface area contributed by atoms with Crippen molar-refractivity contribution in [3.8, 4) is 0 Å². The van der Waals surface area contributed by atoms with Crippen LogP contribution in [0.5, 0.6) is 0 Å². The highest BCUT2D eigenvalue weighted by atomic mass is 35.5. The van der Waals surface area contributed by atoms with E-state index in [4.69, 9.17) is 23.2 Å². The monoisotopic (exact) mass is 301 g/mol. The van der Waals surface area contributed by atoms with Gasteiger partial charge in [-0.05, 0) is 18.6 Å². The van der Waals surface area contributed by atoms with Gasteiger partial charge in [0.1, 0.15) is 10.8 Å². The molecule has 2 aromatic rings. The summed E-state index contributed by atoms with van der Waals surface area (Å²) in [5.41, 5.74) is 0.253. The Kier molecular flexibility index (Phi) is 4.52. The minimum absolute atomic E-state index is 0.253. The lowest BCUT2D eigenvalue weighted by Gasteiger charge is -2.03. The number of carbonyl (C=O) groups excluding carboxylic acids is 1. The lowest BCUT2D eigenvalue weighted by molar-refractivity contribution is 0.0949. The first-order chi connectivity index (χ1) is 8.65. The van der Waals surface area contributed by atoms with Gasteiger partial charge in [0.05, 0.1) is 16.7 Å². The number of halogens is 2. The summed E-state index contributed by atoms with van der Waals surface area (Å²) in [4.78, 5) is 20.5. The van der Waals surface area contributed by atoms with E-state index in [-0.39, 0.29) is 16.8 Å². The molecule has 0 aliphatic heterocycles. The molecular weight excluding hydrogens is 293 g/mol. The third-order valence-electron chi connectivity index (χ3n) is 2.14. The second kappa shape index (κ2) is 6.13. The number of hydrogen-bond acceptors (Lipinski definition) is 4. The molecule has 0 saturated heterocycles. The average molecular weight is 302 g/mol. The summed E-state index contributed by atoms with van der Waals surface area (Å²) in [7, 11) is 0. The molecule has 2 heterocycles. The highest BCUT2D eigenvalue weighted by Gasteiger charge is 2.07. The number of nitrogens with one attached hydrogen (secondary N) is 1. The predicted octanol–water partition coefficient (Wildman–Crippen LogP) is 2.82. The molecule has 0 saturated carbocycles. The standard InChI is InChI=1S/C11H9Cl2N3OS/c12-9-6-15-8(5-16-9)11(17)14-4-3-7-1-2-10(13)18-7/h1-2,5-6H,3-4H2,(H,14,17). The molecule has 2 aromatic heterocycles. The van der Waals surface area contributed by atoms with Crippen LogP contribution >= 0.6 is 34.5 Å². The Labute approximate surface area is 118 Å². The lowest BCUT2D eigenvalue weighted by Crippen LogP contribution is -2.26. The molecule has 0 aliphatic carbocycles. The molecule has 0 atom stereocenters. The Morgan fingerprint density at radius 3 is 2.72 bits per heavy atom. The van der Waals surface area contributed by atoms with Crippen LogP contribution in [-0.2, 0) is 6.42 Å². The van der Waals surface area contributed by atoms with Crippen molar-refractivity contribution in [3.63, 3.8) is 0 Å². The SMILES string of the molecule is O=C(NCCc1ccc(Cl)s1)c1cnc(Cl)cn1. The maximum Gasteiger partial charge on any atom is 0.271 e. The average Bonchev–Trinajstić information content (AvgIpc) is 2.76. The van der Waals surface area contributed by atoms with Crippen molar-refractivity contribution < 1.29 is 4.79 Å². The van der Waals surface area contributed by atoms with Gasteiger partial charge in [-0.1, -0.05) is 23.2 Å². The smallest absolute Gasteiger partial charge is 0.271 e. The summed E-state index contributed by atoms with van der Waals surface area (Å²) in [6, 6.07) is 3.79. The summed E-state index contributed by atoms with van der Waals surface area (Å²) in [5.74, 6) is -0.262. The molecule has 18 heavy (non-hydrogen) atoms. The molecule has 2 rings (SSSR count). The normalized spacial score (nSPS) is 10.3. The van der Waals surface area contributed by atoms with Gasteiger partial charge >= 0.3 is 0 Å². The number of nitrogens with zero attached hydrogens (tertiary/aromatic N) is 2. The van der Waals surface area contributed by atoms with Gasteiger partial charge in [-0.25, -0.2) is 9.97 Å². The van der Waals surface area contributed by atoms with E-state index in [2.05, 4.69) is 15.3 Å². The highest BCUT2D eigenvalue weighted by molar-refractivity contribution is 7.16. The van der Waals surface area contributed by atoms with E-state index in [1.165, 1.54) is 23.7 Å². The molecular formula is C11H9Cl2N3OS. The number of rotatable bonds is 4. The fourth-order valence-electron chi connectivity index (χ4n) is 1.31. The van der Waals surface area contributed by atoms with Gasteiger partial charge in [0.25, 0.3) is 5.91 Å². The first kappa shape index (κ1) is 13.3. The molecule has 1 N–H and O–H groups in total. The summed E-state index contributed by atoms with van der Waals surface area (Å²) in [6.07, 6.45) is 3.43. The summed E-state index contributed by atoms with van der Waals surface area (Å²) in [6.45, 7) is 0.528. The van der Waals surface area contributed by atoms with E-state index >= 15 is 0 Å². The van der Waals surface area contributed by atoms with Crippen molar-refractivity contribution in [2.24, 2.45) is 0 Å². The third-order valence-corrected chi connectivity index (χ3v) is 3.62. The van der Waals surface area contributed by atoms with Crippen LogP contribution in [0.1, 0.15) is 15.4 Å². The maximum atomic E-state index is 11.7. The predicted molar refractivity (Wildman–Crippen MR) is 72.4 cm³/mol. The van der Waals surface area contributed by atoms with E-state index in [1.807, 2.05) is 12.1 Å². The second-order valence-corrected chi connectivity index (χ2v) is 5.62. The molecule has 1 amide bonds. The van der Waals surface area contributed by atoms with Crippen molar-refractivity contribution in [2.75, 3.05) is 6.54 Å². The number of carbonyl (C=O) groups is 1. The van der Waals surface area contributed by atoms with Crippen LogP contribution in [0, 0.1) is 0 Å². The van der Waals surface area contributed by atoms with Gasteiger partial charge in [-0.3, -0.25) is 4.79 Å². The second-order valence-electron chi connectivity index (χ2n) is 3.44. The van der Waals surface area contributed by atoms with Crippen LogP contribution in [0.3, 0.4) is 0 Å². The minimum Gasteiger partial charge on any atom is -0.350 e. The molecule has 0 aliphatic rings. The van der Waals surface area contributed by atoms with Gasteiger partial charge in [0.2, 0.25) is 0 Å². The molecule has 0 bridgehead atoms. The van der Waals surface area contributed by atoms with Crippen LogP contribution in [0.4, 0.5) is 0 Å². The number of aromatic nitrogens is 2. The Morgan fingerprint density at radius 2 is 2.11 bits per heavy atom. The zero-order valence-electron chi connectivity index (χ0n) is 9.19. The van der Waals surface area contributed by atoms with Gasteiger partial charge in [0.15, 0.2) is 0 Å². The Balaban J connectivity index is 1.83. The molecule has 94 valence electrons. The Hall–Kier alpha value is -1.17. The quantitative estimate of drug-likeness (QED) is 0.945. The van der Waals surface area contributed by atoms with Crippen molar-refractivity contribution >= 4 is 40.4 Å². The summed E-state index contributed by atoms with van der Waals surface area (Å²) >= 11 is 12.9. The topological polar surface area (TPSA) is 54.9 Å². The van der Waals surface area contributed by atoms with Crippen LogP contribution in [0.25, 0.3) is 0 Å². The first-order valence-electron chi connectivity index (χ1n) is 5.15. The maximum absolute atomic E-state index is 11.7. The minimum atomic E-state index is -0.262.